The Morgan fingerprint density at radius 1 is 0.929 bits per heavy atom. The van der Waals surface area contributed by atoms with Crippen molar-refractivity contribution in [1.82, 2.24) is 4.90 Å². The normalized spacial score (nSPS) is 12.4. The van der Waals surface area contributed by atoms with Crippen LogP contribution in [0.15, 0.2) is 23.4 Å². The molecule has 0 fully saturated rings. The summed E-state index contributed by atoms with van der Waals surface area (Å²) in [6, 6.07) is 6.31. The van der Waals surface area contributed by atoms with Gasteiger partial charge in [0.25, 0.3) is 0 Å². The molecule has 0 aliphatic heterocycles. The Balaban J connectivity index is 3.62. The fourth-order valence-corrected chi connectivity index (χ4v) is 21.5. The maximum atomic E-state index is 9.94. The van der Waals surface area contributed by atoms with Crippen LogP contribution >= 0.6 is 11.6 Å². The molecule has 0 radical (unpaired) electrons. The van der Waals surface area contributed by atoms with Gasteiger partial charge in [0.2, 0.25) is 0 Å². The van der Waals surface area contributed by atoms with E-state index in [1.807, 2.05) is 6.07 Å². The number of benzene rings is 1. The number of nitrogens with zero attached hydrogens (tertiary/aromatic N) is 2. The van der Waals surface area contributed by atoms with Crippen LogP contribution in [0.5, 0.6) is 0 Å². The minimum atomic E-state index is -2.71. The van der Waals surface area contributed by atoms with Crippen molar-refractivity contribution in [3.8, 4) is 0 Å². The number of amidine groups is 1. The molecule has 3 nitrogen and oxygen atoms in total. The van der Waals surface area contributed by atoms with E-state index in [4.69, 9.17) is 11.6 Å². The first-order chi connectivity index (χ1) is 13.5. The summed E-state index contributed by atoms with van der Waals surface area (Å²) in [5.41, 5.74) is 1.13. The summed E-state index contributed by atoms with van der Waals surface area (Å²) < 4.78 is 5.59. The molecule has 28 heavy (non-hydrogen) atoms. The molecule has 0 aliphatic carbocycles. The Hall–Kier alpha value is -0.421. The van der Waals surface area contributed by atoms with Gasteiger partial charge in [0.1, 0.15) is 0 Å². The Morgan fingerprint density at radius 2 is 1.43 bits per heavy atom. The molecular weight excluding hydrogens is 474 g/mol. The topological polar surface area (TPSA) is 35.8 Å². The third-order valence-electron chi connectivity index (χ3n) is 5.98. The summed E-state index contributed by atoms with van der Waals surface area (Å²) in [6.07, 6.45) is 7.61. The van der Waals surface area contributed by atoms with Crippen LogP contribution in [-0.4, -0.2) is 47.4 Å². The van der Waals surface area contributed by atoms with Crippen LogP contribution in [0, 0.1) is 0 Å². The molecular formula is C23H41ClN2OSn. The van der Waals surface area contributed by atoms with Crippen molar-refractivity contribution in [2.75, 3.05) is 13.1 Å². The molecule has 0 saturated heterocycles. The first-order valence-electron chi connectivity index (χ1n) is 11.3. The standard InChI is InChI=1S/C11H14ClN2O.3C4H9.Sn/c1-3-14(4-2)11(13-15)9-5-7-10(12)8-6-9;3*1-3-4-2;/h5,7-8,15H,3-4H2,1-2H3;3*1,3-4H2,2H3;. The number of rotatable bonds is 13. The van der Waals surface area contributed by atoms with Crippen molar-refractivity contribution in [2.24, 2.45) is 5.16 Å². The molecule has 0 heterocycles. The van der Waals surface area contributed by atoms with Crippen molar-refractivity contribution >= 4 is 39.4 Å². The van der Waals surface area contributed by atoms with Crippen LogP contribution < -0.4 is 3.58 Å². The molecule has 160 valence electrons. The van der Waals surface area contributed by atoms with Crippen LogP contribution in [0.1, 0.15) is 78.7 Å². The van der Waals surface area contributed by atoms with Gasteiger partial charge in [-0.15, -0.1) is 0 Å². The number of hydrogen-bond acceptors (Lipinski definition) is 2. The second-order valence-electron chi connectivity index (χ2n) is 7.88. The average molecular weight is 516 g/mol. The number of hydrogen-bond donors (Lipinski definition) is 1. The third-order valence-corrected chi connectivity index (χ3v) is 21.9. The predicted molar refractivity (Wildman–Crippen MR) is 127 cm³/mol. The summed E-state index contributed by atoms with van der Waals surface area (Å²) in [5, 5.41) is 14.5. The summed E-state index contributed by atoms with van der Waals surface area (Å²) in [4.78, 5) is 2.16. The van der Waals surface area contributed by atoms with Gasteiger partial charge in [-0.05, 0) is 0 Å². The van der Waals surface area contributed by atoms with E-state index in [-0.39, 0.29) is 0 Å². The van der Waals surface area contributed by atoms with Crippen molar-refractivity contribution in [1.29, 1.82) is 0 Å². The molecule has 1 rings (SSSR count). The maximum absolute atomic E-state index is 9.94. The summed E-state index contributed by atoms with van der Waals surface area (Å²) in [5.74, 6) is 0.724. The van der Waals surface area contributed by atoms with Gasteiger partial charge in [0, 0.05) is 0 Å². The average Bonchev–Trinajstić information content (AvgIpc) is 2.72. The van der Waals surface area contributed by atoms with Gasteiger partial charge in [-0.2, -0.15) is 0 Å². The number of oxime groups is 1. The number of unbranched alkanes of at least 4 members (excludes halogenated alkanes) is 3. The fourth-order valence-electron chi connectivity index (χ4n) is 4.29. The van der Waals surface area contributed by atoms with E-state index in [1.54, 1.807) is 0 Å². The Morgan fingerprint density at radius 3 is 1.82 bits per heavy atom. The van der Waals surface area contributed by atoms with Crippen molar-refractivity contribution in [2.45, 2.75) is 86.5 Å². The molecule has 0 atom stereocenters. The van der Waals surface area contributed by atoms with Gasteiger partial charge in [0.15, 0.2) is 0 Å². The third kappa shape index (κ3) is 6.83. The van der Waals surface area contributed by atoms with E-state index in [9.17, 15) is 5.21 Å². The summed E-state index contributed by atoms with van der Waals surface area (Å²) in [6.45, 7) is 12.8. The molecule has 0 aromatic heterocycles. The molecule has 0 aliphatic rings. The zero-order chi connectivity index (χ0) is 21.0. The summed E-state index contributed by atoms with van der Waals surface area (Å²) >= 11 is 3.83. The van der Waals surface area contributed by atoms with Gasteiger partial charge in [-0.25, -0.2) is 0 Å². The first-order valence-corrected chi connectivity index (χ1v) is 19.2. The van der Waals surface area contributed by atoms with Crippen LogP contribution in [-0.2, 0) is 0 Å². The van der Waals surface area contributed by atoms with Crippen LogP contribution in [0.2, 0.25) is 18.3 Å². The Labute approximate surface area is 182 Å². The van der Waals surface area contributed by atoms with E-state index in [1.165, 1.54) is 55.4 Å². The van der Waals surface area contributed by atoms with Gasteiger partial charge >= 0.3 is 183 Å². The molecule has 0 amide bonds. The first kappa shape index (κ1) is 25.6. The number of halogens is 1. The van der Waals surface area contributed by atoms with Crippen LogP contribution in [0.4, 0.5) is 0 Å². The van der Waals surface area contributed by atoms with E-state index in [0.29, 0.717) is 0 Å². The van der Waals surface area contributed by atoms with Crippen molar-refractivity contribution in [3.05, 3.63) is 28.8 Å². The molecule has 0 spiro atoms. The van der Waals surface area contributed by atoms with Crippen molar-refractivity contribution < 1.29 is 5.21 Å². The molecule has 0 bridgehead atoms. The molecule has 0 unspecified atom stereocenters. The molecule has 1 aromatic carbocycles. The van der Waals surface area contributed by atoms with E-state index >= 15 is 0 Å². The summed E-state index contributed by atoms with van der Waals surface area (Å²) in [7, 11) is 0. The van der Waals surface area contributed by atoms with E-state index in [2.05, 4.69) is 56.8 Å². The zero-order valence-electron chi connectivity index (χ0n) is 18.7. The molecule has 0 saturated carbocycles. The monoisotopic (exact) mass is 516 g/mol. The SMILES string of the molecule is CCC[CH2][Sn]([CH2]CCC)([CH2]CCC)[c]1cc(Cl)ccc1C(=NO)N(CC)CC. The van der Waals surface area contributed by atoms with Crippen LogP contribution in [0.25, 0.3) is 0 Å². The second-order valence-corrected chi connectivity index (χ2v) is 21.4. The van der Waals surface area contributed by atoms with Gasteiger partial charge < -0.3 is 0 Å². The molecule has 1 N–H and O–H groups in total. The van der Waals surface area contributed by atoms with E-state index in [0.717, 1.165) is 29.5 Å². The second kappa shape index (κ2) is 13.7. The predicted octanol–water partition coefficient (Wildman–Crippen LogP) is 6.87. The molecule has 1 aromatic rings. The van der Waals surface area contributed by atoms with Crippen molar-refractivity contribution in [3.63, 3.8) is 0 Å². The quantitative estimate of drug-likeness (QED) is 0.102. The minimum absolute atomic E-state index is 0.724. The van der Waals surface area contributed by atoms with Gasteiger partial charge in [0.05, 0.1) is 0 Å². The Bertz CT molecular complexity index is 580. The zero-order valence-corrected chi connectivity index (χ0v) is 22.3. The van der Waals surface area contributed by atoms with Gasteiger partial charge in [-0.1, -0.05) is 0 Å². The van der Waals surface area contributed by atoms with Crippen LogP contribution in [0.3, 0.4) is 0 Å². The van der Waals surface area contributed by atoms with E-state index < -0.39 is 18.4 Å². The fraction of sp³-hybridized carbons (Fsp3) is 0.696. The molecule has 5 heteroatoms. The Kier molecular flexibility index (Phi) is 12.6. The van der Waals surface area contributed by atoms with Gasteiger partial charge in [-0.3, -0.25) is 0 Å².